The molecule has 1 heterocycles. The first-order valence-electron chi connectivity index (χ1n) is 6.45. The molecule has 0 aromatic heterocycles. The molecule has 2 nitrogen and oxygen atoms in total. The molecule has 2 aromatic rings. The third-order valence-electron chi connectivity index (χ3n) is 3.45. The monoisotopic (exact) mass is 273 g/mol. The van der Waals surface area contributed by atoms with E-state index in [2.05, 4.69) is 0 Å². The maximum Gasteiger partial charge on any atom is 0.166 e. The molecular formula is C16H13F2NO. The Bertz CT molecular complexity index is 649. The summed E-state index contributed by atoms with van der Waals surface area (Å²) in [5, 5.41) is 0. The van der Waals surface area contributed by atoms with E-state index in [1.54, 1.807) is 6.07 Å². The largest absolute Gasteiger partial charge is 0.366 e. The van der Waals surface area contributed by atoms with Crippen LogP contribution in [0.15, 0.2) is 42.5 Å². The van der Waals surface area contributed by atoms with Crippen LogP contribution < -0.4 is 4.90 Å². The molecule has 0 saturated carbocycles. The van der Waals surface area contributed by atoms with Crippen molar-refractivity contribution in [1.29, 1.82) is 0 Å². The van der Waals surface area contributed by atoms with Gasteiger partial charge in [-0.05, 0) is 29.8 Å². The lowest BCUT2D eigenvalue weighted by molar-refractivity contribution is 0.0979. The fourth-order valence-electron chi connectivity index (χ4n) is 2.56. The summed E-state index contributed by atoms with van der Waals surface area (Å²) in [5.41, 5.74) is 2.07. The molecule has 0 radical (unpaired) electrons. The summed E-state index contributed by atoms with van der Waals surface area (Å²) in [6.45, 7) is 0.951. The van der Waals surface area contributed by atoms with E-state index in [9.17, 15) is 13.6 Å². The standard InChI is InChI=1S/C16H13F2NO/c17-12-7-11(8-13(18)9-12)10-19-6-5-16(20)14-3-1-2-4-15(14)19/h1-4,7-9H,5-6,10H2. The molecule has 4 heteroatoms. The summed E-state index contributed by atoms with van der Waals surface area (Å²) in [6.07, 6.45) is 0.425. The minimum Gasteiger partial charge on any atom is -0.366 e. The van der Waals surface area contributed by atoms with Gasteiger partial charge >= 0.3 is 0 Å². The van der Waals surface area contributed by atoms with Gasteiger partial charge in [-0.3, -0.25) is 4.79 Å². The van der Waals surface area contributed by atoms with Gasteiger partial charge in [-0.25, -0.2) is 8.78 Å². The van der Waals surface area contributed by atoms with Gasteiger partial charge in [-0.1, -0.05) is 12.1 Å². The zero-order chi connectivity index (χ0) is 14.1. The van der Waals surface area contributed by atoms with E-state index < -0.39 is 11.6 Å². The normalized spacial score (nSPS) is 14.3. The number of ketones is 1. The first-order valence-corrected chi connectivity index (χ1v) is 6.45. The summed E-state index contributed by atoms with van der Waals surface area (Å²) in [7, 11) is 0. The molecule has 1 aliphatic heterocycles. The molecule has 0 fully saturated rings. The Morgan fingerprint density at radius 1 is 1.05 bits per heavy atom. The van der Waals surface area contributed by atoms with Crippen LogP contribution in [0, 0.1) is 11.6 Å². The number of anilines is 1. The van der Waals surface area contributed by atoms with Gasteiger partial charge < -0.3 is 4.90 Å². The van der Waals surface area contributed by atoms with Gasteiger partial charge in [0.25, 0.3) is 0 Å². The third-order valence-corrected chi connectivity index (χ3v) is 3.45. The maximum absolute atomic E-state index is 13.2. The number of benzene rings is 2. The topological polar surface area (TPSA) is 20.3 Å². The molecule has 102 valence electrons. The van der Waals surface area contributed by atoms with E-state index >= 15 is 0 Å². The van der Waals surface area contributed by atoms with Crippen LogP contribution in [-0.2, 0) is 6.54 Å². The van der Waals surface area contributed by atoms with Crippen LogP contribution in [0.3, 0.4) is 0 Å². The number of halogens is 2. The first-order chi connectivity index (χ1) is 9.63. The van der Waals surface area contributed by atoms with Gasteiger partial charge in [0.15, 0.2) is 5.78 Å². The minimum atomic E-state index is -0.582. The second-order valence-electron chi connectivity index (χ2n) is 4.89. The van der Waals surface area contributed by atoms with E-state index in [0.717, 1.165) is 11.8 Å². The van der Waals surface area contributed by atoms with Gasteiger partial charge in [0, 0.05) is 36.8 Å². The average Bonchev–Trinajstić information content (AvgIpc) is 2.41. The number of carbonyl (C=O) groups excluding carboxylic acids is 1. The van der Waals surface area contributed by atoms with Gasteiger partial charge in [0.2, 0.25) is 0 Å². The van der Waals surface area contributed by atoms with Crippen molar-refractivity contribution < 1.29 is 13.6 Å². The molecule has 0 spiro atoms. The number of Topliss-reactive ketones (excluding diaryl/α,β-unsaturated/α-hetero) is 1. The van der Waals surface area contributed by atoms with Gasteiger partial charge in [-0.15, -0.1) is 0 Å². The van der Waals surface area contributed by atoms with Crippen LogP contribution >= 0.6 is 0 Å². The summed E-state index contributed by atoms with van der Waals surface area (Å²) in [5.74, 6) is -1.05. The average molecular weight is 273 g/mol. The fourth-order valence-corrected chi connectivity index (χ4v) is 2.56. The molecule has 0 unspecified atom stereocenters. The van der Waals surface area contributed by atoms with Gasteiger partial charge in [0.05, 0.1) is 0 Å². The van der Waals surface area contributed by atoms with E-state index in [-0.39, 0.29) is 5.78 Å². The van der Waals surface area contributed by atoms with E-state index in [1.165, 1.54) is 12.1 Å². The SMILES string of the molecule is O=C1CCN(Cc2cc(F)cc(F)c2)c2ccccc21. The molecule has 0 N–H and O–H groups in total. The molecular weight excluding hydrogens is 260 g/mol. The summed E-state index contributed by atoms with van der Waals surface area (Å²) >= 11 is 0. The molecule has 0 saturated heterocycles. The number of rotatable bonds is 2. The minimum absolute atomic E-state index is 0.113. The highest BCUT2D eigenvalue weighted by Crippen LogP contribution is 2.28. The lowest BCUT2D eigenvalue weighted by atomic mass is 10.00. The molecule has 0 bridgehead atoms. The fraction of sp³-hybridized carbons (Fsp3) is 0.188. The lowest BCUT2D eigenvalue weighted by Gasteiger charge is -2.30. The van der Waals surface area contributed by atoms with Crippen molar-refractivity contribution in [3.8, 4) is 0 Å². The van der Waals surface area contributed by atoms with Crippen LogP contribution in [0.4, 0.5) is 14.5 Å². The van der Waals surface area contributed by atoms with E-state index in [1.807, 2.05) is 23.1 Å². The molecule has 1 aliphatic rings. The lowest BCUT2D eigenvalue weighted by Crippen LogP contribution is -2.31. The molecule has 3 rings (SSSR count). The van der Waals surface area contributed by atoms with E-state index in [0.29, 0.717) is 30.6 Å². The molecule has 0 aliphatic carbocycles. The molecule has 2 aromatic carbocycles. The van der Waals surface area contributed by atoms with Crippen LogP contribution in [0.25, 0.3) is 0 Å². The highest BCUT2D eigenvalue weighted by atomic mass is 19.1. The summed E-state index contributed by atoms with van der Waals surface area (Å²) < 4.78 is 26.5. The van der Waals surface area contributed by atoms with E-state index in [4.69, 9.17) is 0 Å². The summed E-state index contributed by atoms with van der Waals surface area (Å²) in [6, 6.07) is 10.8. The molecule has 0 amide bonds. The highest BCUT2D eigenvalue weighted by molar-refractivity contribution is 6.03. The number of carbonyl (C=O) groups is 1. The van der Waals surface area contributed by atoms with Crippen molar-refractivity contribution in [3.63, 3.8) is 0 Å². The zero-order valence-electron chi connectivity index (χ0n) is 10.8. The van der Waals surface area contributed by atoms with Crippen molar-refractivity contribution in [3.05, 3.63) is 65.2 Å². The number of fused-ring (bicyclic) bond motifs is 1. The predicted molar refractivity (Wildman–Crippen MR) is 72.8 cm³/mol. The second kappa shape index (κ2) is 5.04. The highest BCUT2D eigenvalue weighted by Gasteiger charge is 2.22. The van der Waals surface area contributed by atoms with Crippen molar-refractivity contribution >= 4 is 11.5 Å². The third kappa shape index (κ3) is 2.41. The van der Waals surface area contributed by atoms with Gasteiger partial charge in [0.1, 0.15) is 11.6 Å². The number of hydrogen-bond donors (Lipinski definition) is 0. The number of para-hydroxylation sites is 1. The Balaban J connectivity index is 1.92. The maximum atomic E-state index is 13.2. The van der Waals surface area contributed by atoms with Crippen LogP contribution in [0.5, 0.6) is 0 Å². The Morgan fingerprint density at radius 3 is 2.50 bits per heavy atom. The Labute approximate surface area is 115 Å². The van der Waals surface area contributed by atoms with Crippen molar-refractivity contribution in [1.82, 2.24) is 0 Å². The van der Waals surface area contributed by atoms with Gasteiger partial charge in [-0.2, -0.15) is 0 Å². The Hall–Kier alpha value is -2.23. The van der Waals surface area contributed by atoms with Crippen molar-refractivity contribution in [2.75, 3.05) is 11.4 Å². The molecule has 0 atom stereocenters. The first kappa shape index (κ1) is 12.8. The van der Waals surface area contributed by atoms with Crippen LogP contribution in [-0.4, -0.2) is 12.3 Å². The molecule has 20 heavy (non-hydrogen) atoms. The zero-order valence-corrected chi connectivity index (χ0v) is 10.8. The summed E-state index contributed by atoms with van der Waals surface area (Å²) in [4.78, 5) is 13.8. The number of hydrogen-bond acceptors (Lipinski definition) is 2. The Kier molecular flexibility index (Phi) is 3.22. The second-order valence-corrected chi connectivity index (χ2v) is 4.89. The predicted octanol–water partition coefficient (Wildman–Crippen LogP) is 3.56. The number of nitrogens with zero attached hydrogens (tertiary/aromatic N) is 1. The van der Waals surface area contributed by atoms with Crippen molar-refractivity contribution in [2.45, 2.75) is 13.0 Å². The Morgan fingerprint density at radius 2 is 1.75 bits per heavy atom. The van der Waals surface area contributed by atoms with Crippen molar-refractivity contribution in [2.24, 2.45) is 0 Å². The smallest absolute Gasteiger partial charge is 0.166 e. The van der Waals surface area contributed by atoms with Crippen LogP contribution in [0.1, 0.15) is 22.3 Å². The quantitative estimate of drug-likeness (QED) is 0.834. The van der Waals surface area contributed by atoms with Crippen LogP contribution in [0.2, 0.25) is 0 Å².